The molecule has 0 heterocycles. The number of benzene rings is 1. The summed E-state index contributed by atoms with van der Waals surface area (Å²) in [4.78, 5) is 0. The quantitative estimate of drug-likeness (QED) is 0.812. The summed E-state index contributed by atoms with van der Waals surface area (Å²) in [6.45, 7) is 4.68. The van der Waals surface area contributed by atoms with E-state index in [1.54, 1.807) is 6.92 Å². The van der Waals surface area contributed by atoms with Crippen LogP contribution in [-0.4, -0.2) is 20.8 Å². The highest BCUT2D eigenvalue weighted by Crippen LogP contribution is 2.12. The molecule has 17 heavy (non-hydrogen) atoms. The molecule has 1 N–H and O–H groups in total. The molecule has 0 amide bonds. The van der Waals surface area contributed by atoms with Gasteiger partial charge in [0.15, 0.2) is 0 Å². The van der Waals surface area contributed by atoms with Gasteiger partial charge in [-0.15, -0.1) is 0 Å². The minimum atomic E-state index is -3.12. The van der Waals surface area contributed by atoms with Crippen molar-refractivity contribution in [2.24, 2.45) is 0 Å². The SMILES string of the molecule is CCCOc1ccc(CNS(=O)(=O)CC)cc1. The Balaban J connectivity index is 2.51. The molecule has 0 saturated carbocycles. The molecule has 4 nitrogen and oxygen atoms in total. The van der Waals surface area contributed by atoms with Crippen molar-refractivity contribution in [1.29, 1.82) is 0 Å². The molecule has 0 aliphatic rings. The van der Waals surface area contributed by atoms with Gasteiger partial charge in [-0.3, -0.25) is 0 Å². The van der Waals surface area contributed by atoms with E-state index in [0.717, 1.165) is 17.7 Å². The second-order valence-electron chi connectivity index (χ2n) is 3.72. The Labute approximate surface area is 103 Å². The van der Waals surface area contributed by atoms with E-state index in [1.165, 1.54) is 0 Å². The van der Waals surface area contributed by atoms with Crippen molar-refractivity contribution < 1.29 is 13.2 Å². The van der Waals surface area contributed by atoms with E-state index in [-0.39, 0.29) is 5.75 Å². The third kappa shape index (κ3) is 5.19. The minimum Gasteiger partial charge on any atom is -0.494 e. The van der Waals surface area contributed by atoms with Gasteiger partial charge in [-0.25, -0.2) is 13.1 Å². The highest BCUT2D eigenvalue weighted by Gasteiger charge is 2.05. The molecule has 0 saturated heterocycles. The van der Waals surface area contributed by atoms with E-state index in [0.29, 0.717) is 13.2 Å². The number of rotatable bonds is 7. The maximum absolute atomic E-state index is 11.2. The zero-order valence-electron chi connectivity index (χ0n) is 10.3. The van der Waals surface area contributed by atoms with Gasteiger partial charge in [-0.2, -0.15) is 0 Å². The summed E-state index contributed by atoms with van der Waals surface area (Å²) in [5.41, 5.74) is 0.922. The van der Waals surface area contributed by atoms with E-state index in [2.05, 4.69) is 4.72 Å². The summed E-state index contributed by atoms with van der Waals surface area (Å²) in [7, 11) is -3.12. The second kappa shape index (κ2) is 6.61. The van der Waals surface area contributed by atoms with Crippen molar-refractivity contribution in [2.75, 3.05) is 12.4 Å². The largest absolute Gasteiger partial charge is 0.494 e. The topological polar surface area (TPSA) is 55.4 Å². The first kappa shape index (κ1) is 14.0. The summed E-state index contributed by atoms with van der Waals surface area (Å²) >= 11 is 0. The van der Waals surface area contributed by atoms with Crippen molar-refractivity contribution in [3.8, 4) is 5.75 Å². The number of nitrogens with one attached hydrogen (secondary N) is 1. The van der Waals surface area contributed by atoms with Crippen LogP contribution in [0.1, 0.15) is 25.8 Å². The number of ether oxygens (including phenoxy) is 1. The van der Waals surface area contributed by atoms with Gasteiger partial charge in [0.2, 0.25) is 10.0 Å². The molecule has 1 rings (SSSR count). The van der Waals surface area contributed by atoms with E-state index in [9.17, 15) is 8.42 Å². The summed E-state index contributed by atoms with van der Waals surface area (Å²) in [6.07, 6.45) is 0.970. The van der Waals surface area contributed by atoms with Crippen LogP contribution < -0.4 is 9.46 Å². The van der Waals surface area contributed by atoms with Gasteiger partial charge in [0.25, 0.3) is 0 Å². The normalized spacial score (nSPS) is 11.4. The Morgan fingerprint density at radius 3 is 2.35 bits per heavy atom. The van der Waals surface area contributed by atoms with Gasteiger partial charge < -0.3 is 4.74 Å². The molecular formula is C12H19NO3S. The molecule has 0 aliphatic carbocycles. The molecule has 0 aliphatic heterocycles. The fourth-order valence-electron chi connectivity index (χ4n) is 1.22. The Bertz CT molecular complexity index is 426. The smallest absolute Gasteiger partial charge is 0.211 e. The predicted molar refractivity (Wildman–Crippen MR) is 68.5 cm³/mol. The van der Waals surface area contributed by atoms with Crippen LogP contribution in [0, 0.1) is 0 Å². The molecule has 0 spiro atoms. The molecule has 0 unspecified atom stereocenters. The Hall–Kier alpha value is -1.07. The third-order valence-electron chi connectivity index (χ3n) is 2.27. The highest BCUT2D eigenvalue weighted by atomic mass is 32.2. The van der Waals surface area contributed by atoms with Crippen LogP contribution in [0.15, 0.2) is 24.3 Å². The molecule has 0 fully saturated rings. The molecule has 0 atom stereocenters. The molecule has 96 valence electrons. The molecule has 0 bridgehead atoms. The summed E-state index contributed by atoms with van der Waals surface area (Å²) in [6, 6.07) is 7.43. The van der Waals surface area contributed by atoms with Crippen molar-refractivity contribution in [2.45, 2.75) is 26.8 Å². The Morgan fingerprint density at radius 2 is 1.82 bits per heavy atom. The first-order chi connectivity index (χ1) is 8.07. The molecule has 1 aromatic carbocycles. The minimum absolute atomic E-state index is 0.102. The van der Waals surface area contributed by atoms with Crippen LogP contribution in [0.25, 0.3) is 0 Å². The standard InChI is InChI=1S/C12H19NO3S/c1-3-9-16-12-7-5-11(6-8-12)10-13-17(14,15)4-2/h5-8,13H,3-4,9-10H2,1-2H3. The van der Waals surface area contributed by atoms with Gasteiger partial charge in [0.1, 0.15) is 5.75 Å². The van der Waals surface area contributed by atoms with Crippen molar-refractivity contribution >= 4 is 10.0 Å². The van der Waals surface area contributed by atoms with Gasteiger partial charge >= 0.3 is 0 Å². The number of sulfonamides is 1. The summed E-state index contributed by atoms with van der Waals surface area (Å²) in [5.74, 6) is 0.916. The van der Waals surface area contributed by atoms with Crippen LogP contribution in [-0.2, 0) is 16.6 Å². The summed E-state index contributed by atoms with van der Waals surface area (Å²) < 4.78 is 30.4. The highest BCUT2D eigenvalue weighted by molar-refractivity contribution is 7.89. The first-order valence-electron chi connectivity index (χ1n) is 5.76. The van der Waals surface area contributed by atoms with Gasteiger partial charge in [0, 0.05) is 6.54 Å². The van der Waals surface area contributed by atoms with Gasteiger partial charge in [-0.05, 0) is 31.0 Å². The van der Waals surface area contributed by atoms with E-state index >= 15 is 0 Å². The lowest BCUT2D eigenvalue weighted by Crippen LogP contribution is -2.24. The molecule has 0 aromatic heterocycles. The van der Waals surface area contributed by atoms with Crippen molar-refractivity contribution in [3.05, 3.63) is 29.8 Å². The Kier molecular flexibility index (Phi) is 5.44. The Morgan fingerprint density at radius 1 is 1.18 bits per heavy atom. The second-order valence-corrected chi connectivity index (χ2v) is 5.81. The lowest BCUT2D eigenvalue weighted by atomic mass is 10.2. The van der Waals surface area contributed by atoms with Crippen LogP contribution in [0.4, 0.5) is 0 Å². The lowest BCUT2D eigenvalue weighted by molar-refractivity contribution is 0.317. The summed E-state index contributed by atoms with van der Waals surface area (Å²) in [5, 5.41) is 0. The number of hydrogen-bond donors (Lipinski definition) is 1. The fraction of sp³-hybridized carbons (Fsp3) is 0.500. The average Bonchev–Trinajstić information content (AvgIpc) is 2.35. The zero-order chi connectivity index (χ0) is 12.7. The fourth-order valence-corrected chi connectivity index (χ4v) is 1.81. The lowest BCUT2D eigenvalue weighted by Gasteiger charge is -2.07. The third-order valence-corrected chi connectivity index (χ3v) is 3.62. The van der Waals surface area contributed by atoms with E-state index < -0.39 is 10.0 Å². The molecule has 0 radical (unpaired) electrons. The van der Waals surface area contributed by atoms with Crippen LogP contribution >= 0.6 is 0 Å². The van der Waals surface area contributed by atoms with Gasteiger partial charge in [0.05, 0.1) is 12.4 Å². The monoisotopic (exact) mass is 257 g/mol. The average molecular weight is 257 g/mol. The molecular weight excluding hydrogens is 238 g/mol. The molecule has 5 heteroatoms. The van der Waals surface area contributed by atoms with Crippen LogP contribution in [0.2, 0.25) is 0 Å². The zero-order valence-corrected chi connectivity index (χ0v) is 11.1. The first-order valence-corrected chi connectivity index (χ1v) is 7.41. The van der Waals surface area contributed by atoms with Crippen molar-refractivity contribution in [3.63, 3.8) is 0 Å². The number of hydrogen-bond acceptors (Lipinski definition) is 3. The maximum Gasteiger partial charge on any atom is 0.211 e. The van der Waals surface area contributed by atoms with Gasteiger partial charge in [-0.1, -0.05) is 19.1 Å². The van der Waals surface area contributed by atoms with E-state index in [1.807, 2.05) is 31.2 Å². The van der Waals surface area contributed by atoms with Crippen molar-refractivity contribution in [1.82, 2.24) is 4.72 Å². The van der Waals surface area contributed by atoms with Crippen LogP contribution in [0.5, 0.6) is 5.75 Å². The maximum atomic E-state index is 11.2. The predicted octanol–water partition coefficient (Wildman–Crippen LogP) is 1.91. The molecule has 1 aromatic rings. The van der Waals surface area contributed by atoms with E-state index in [4.69, 9.17) is 4.74 Å². The van der Waals surface area contributed by atoms with Crippen LogP contribution in [0.3, 0.4) is 0 Å².